The topological polar surface area (TPSA) is 38.7 Å². The maximum absolute atomic E-state index is 5.31. The first-order valence-electron chi connectivity index (χ1n) is 18.3. The third kappa shape index (κ3) is 4.56. The smallest absolute Gasteiger partial charge is 0.0972 e. The lowest BCUT2D eigenvalue weighted by Gasteiger charge is -2.22. The van der Waals surface area contributed by atoms with Crippen LogP contribution in [0.5, 0.6) is 0 Å². The molecule has 0 fully saturated rings. The summed E-state index contributed by atoms with van der Waals surface area (Å²) in [5.41, 5.74) is 13.5. The van der Waals surface area contributed by atoms with E-state index in [-0.39, 0.29) is 0 Å². The number of benzene rings is 6. The highest BCUT2D eigenvalue weighted by molar-refractivity contribution is 6.25. The molecule has 6 aromatic carbocycles. The van der Waals surface area contributed by atoms with Crippen LogP contribution in [0, 0.1) is 0 Å². The number of hydrogen-bond acceptors (Lipinski definition) is 3. The van der Waals surface area contributed by atoms with E-state index in [9.17, 15) is 0 Å². The van der Waals surface area contributed by atoms with Gasteiger partial charge in [-0.2, -0.15) is 0 Å². The molecule has 3 aromatic heterocycles. The summed E-state index contributed by atoms with van der Waals surface area (Å²) in [7, 11) is 0. The predicted molar refractivity (Wildman–Crippen MR) is 218 cm³/mol. The van der Waals surface area contributed by atoms with Crippen molar-refractivity contribution < 1.29 is 0 Å². The minimum Gasteiger partial charge on any atom is -0.253 e. The third-order valence-electron chi connectivity index (χ3n) is 11.1. The van der Waals surface area contributed by atoms with Crippen molar-refractivity contribution in [2.75, 3.05) is 0 Å². The van der Waals surface area contributed by atoms with Crippen LogP contribution in [0.15, 0.2) is 140 Å². The first kappa shape index (κ1) is 29.3. The van der Waals surface area contributed by atoms with Gasteiger partial charge < -0.3 is 0 Å². The molecule has 3 heterocycles. The molecular formula is C49H33N3. The van der Waals surface area contributed by atoms with Crippen LogP contribution in [0.2, 0.25) is 0 Å². The van der Waals surface area contributed by atoms with Gasteiger partial charge in [0.25, 0.3) is 0 Å². The van der Waals surface area contributed by atoms with Crippen molar-refractivity contribution in [3.05, 3.63) is 162 Å². The SMILES string of the molecule is C1=Cc2c(nc3c(c2-c2ccc(-c4ccc5ccc6ccc(-c7ccc8c9ccccc9c9ccccc9c8c7)nc6c5n4)cc2)CCC=C3)CC1. The number of nitrogens with zero attached hydrogens (tertiary/aromatic N) is 3. The molecule has 11 rings (SSSR count). The van der Waals surface area contributed by atoms with Crippen molar-refractivity contribution in [2.45, 2.75) is 25.7 Å². The summed E-state index contributed by atoms with van der Waals surface area (Å²) in [6, 6.07) is 46.2. The normalized spacial score (nSPS) is 13.7. The van der Waals surface area contributed by atoms with E-state index < -0.39 is 0 Å². The van der Waals surface area contributed by atoms with Gasteiger partial charge in [-0.15, -0.1) is 0 Å². The van der Waals surface area contributed by atoms with Crippen LogP contribution in [0.4, 0.5) is 0 Å². The Morgan fingerprint density at radius 3 is 1.65 bits per heavy atom. The van der Waals surface area contributed by atoms with Crippen LogP contribution in [0.25, 0.3) is 99.9 Å². The molecule has 0 N–H and O–H groups in total. The highest BCUT2D eigenvalue weighted by atomic mass is 14.8. The Balaban J connectivity index is 1.02. The molecule has 0 unspecified atom stereocenters. The highest BCUT2D eigenvalue weighted by Crippen LogP contribution is 2.40. The Morgan fingerprint density at radius 2 is 0.962 bits per heavy atom. The Kier molecular flexibility index (Phi) is 6.50. The molecule has 0 saturated heterocycles. The van der Waals surface area contributed by atoms with Crippen molar-refractivity contribution >= 4 is 66.3 Å². The van der Waals surface area contributed by atoms with Crippen LogP contribution in [-0.2, 0) is 12.8 Å². The number of fused-ring (bicyclic) bond motifs is 11. The van der Waals surface area contributed by atoms with Gasteiger partial charge in [-0.1, -0.05) is 127 Å². The molecule has 0 bridgehead atoms. The fraction of sp³-hybridized carbons (Fsp3) is 0.0816. The minimum absolute atomic E-state index is 0.923. The second-order valence-corrected chi connectivity index (χ2v) is 14.1. The number of aryl methyl sites for hydroxylation is 1. The van der Waals surface area contributed by atoms with Crippen LogP contribution in [0.1, 0.15) is 35.4 Å². The Morgan fingerprint density at radius 1 is 0.423 bits per heavy atom. The van der Waals surface area contributed by atoms with Crippen molar-refractivity contribution in [1.29, 1.82) is 0 Å². The molecular weight excluding hydrogens is 631 g/mol. The van der Waals surface area contributed by atoms with Gasteiger partial charge in [0.1, 0.15) is 0 Å². The van der Waals surface area contributed by atoms with E-state index in [4.69, 9.17) is 15.0 Å². The lowest BCUT2D eigenvalue weighted by atomic mass is 9.85. The zero-order valence-electron chi connectivity index (χ0n) is 28.6. The molecule has 0 atom stereocenters. The largest absolute Gasteiger partial charge is 0.253 e. The quantitative estimate of drug-likeness (QED) is 0.177. The van der Waals surface area contributed by atoms with E-state index in [1.165, 1.54) is 60.3 Å². The van der Waals surface area contributed by atoms with Crippen molar-refractivity contribution in [1.82, 2.24) is 15.0 Å². The van der Waals surface area contributed by atoms with E-state index in [0.29, 0.717) is 0 Å². The van der Waals surface area contributed by atoms with E-state index >= 15 is 0 Å². The Hall–Kier alpha value is -6.45. The lowest BCUT2D eigenvalue weighted by Crippen LogP contribution is -2.09. The second kappa shape index (κ2) is 11.5. The summed E-state index contributed by atoms with van der Waals surface area (Å²) in [4.78, 5) is 15.7. The summed E-state index contributed by atoms with van der Waals surface area (Å²) in [6.45, 7) is 0. The molecule has 0 amide bonds. The number of aromatic nitrogens is 3. The highest BCUT2D eigenvalue weighted by Gasteiger charge is 2.21. The third-order valence-corrected chi connectivity index (χ3v) is 11.1. The van der Waals surface area contributed by atoms with Gasteiger partial charge in [0.05, 0.1) is 28.1 Å². The number of pyridine rings is 3. The average molecular weight is 664 g/mol. The fourth-order valence-electron chi connectivity index (χ4n) is 8.61. The second-order valence-electron chi connectivity index (χ2n) is 14.1. The molecule has 0 saturated carbocycles. The first-order chi connectivity index (χ1) is 25.8. The van der Waals surface area contributed by atoms with E-state index in [1.807, 2.05) is 0 Å². The summed E-state index contributed by atoms with van der Waals surface area (Å²) in [6.07, 6.45) is 13.2. The van der Waals surface area contributed by atoms with Gasteiger partial charge in [0.15, 0.2) is 0 Å². The molecule has 2 aliphatic carbocycles. The molecule has 0 radical (unpaired) electrons. The van der Waals surface area contributed by atoms with E-state index in [0.717, 1.165) is 75.7 Å². The molecule has 9 aromatic rings. The molecule has 244 valence electrons. The monoisotopic (exact) mass is 663 g/mol. The summed E-state index contributed by atoms with van der Waals surface area (Å²) in [5.74, 6) is 0. The number of rotatable bonds is 3. The molecule has 52 heavy (non-hydrogen) atoms. The van der Waals surface area contributed by atoms with Gasteiger partial charge in [-0.25, -0.2) is 9.97 Å². The van der Waals surface area contributed by atoms with Gasteiger partial charge in [0.2, 0.25) is 0 Å². The molecule has 0 aliphatic heterocycles. The van der Waals surface area contributed by atoms with Crippen LogP contribution in [-0.4, -0.2) is 15.0 Å². The number of allylic oxidation sites excluding steroid dienone is 2. The Bertz CT molecular complexity index is 2970. The summed E-state index contributed by atoms with van der Waals surface area (Å²) < 4.78 is 0. The van der Waals surface area contributed by atoms with E-state index in [2.05, 4.69) is 152 Å². The molecule has 0 spiro atoms. The minimum atomic E-state index is 0.923. The zero-order chi connectivity index (χ0) is 34.2. The standard InChI is InChI=1S/C49H33N3/c1-2-11-37-35(9-1)36-10-3-4-12-38(36)42-29-34(23-26-39(37)42)44-28-25-33-22-21-32-24-27-43(51-48(32)49(33)52-44)30-17-19-31(20-18-30)47-40-13-5-7-15-45(40)50-46-16-8-6-14-41(46)47/h1-5,8-13,16-29H,6-7,14-15H2. The zero-order valence-corrected chi connectivity index (χ0v) is 28.6. The van der Waals surface area contributed by atoms with Gasteiger partial charge in [0, 0.05) is 33.2 Å². The van der Waals surface area contributed by atoms with Crippen LogP contribution >= 0.6 is 0 Å². The fourth-order valence-corrected chi connectivity index (χ4v) is 8.61. The lowest BCUT2D eigenvalue weighted by molar-refractivity contribution is 0.894. The van der Waals surface area contributed by atoms with Gasteiger partial charge in [-0.05, 0) is 99.0 Å². The predicted octanol–water partition coefficient (Wildman–Crippen LogP) is 12.6. The van der Waals surface area contributed by atoms with E-state index in [1.54, 1.807) is 0 Å². The maximum atomic E-state index is 5.31. The average Bonchev–Trinajstić information content (AvgIpc) is 3.22. The maximum Gasteiger partial charge on any atom is 0.0972 e. The van der Waals surface area contributed by atoms with Gasteiger partial charge in [-0.3, -0.25) is 4.98 Å². The van der Waals surface area contributed by atoms with Crippen LogP contribution in [0.3, 0.4) is 0 Å². The van der Waals surface area contributed by atoms with Crippen LogP contribution < -0.4 is 0 Å². The molecule has 3 heteroatoms. The van der Waals surface area contributed by atoms with Gasteiger partial charge >= 0.3 is 0 Å². The summed E-state index contributed by atoms with van der Waals surface area (Å²) in [5, 5.41) is 9.78. The van der Waals surface area contributed by atoms with Crippen molar-refractivity contribution in [2.24, 2.45) is 0 Å². The molecule has 3 nitrogen and oxygen atoms in total. The first-order valence-corrected chi connectivity index (χ1v) is 18.3. The molecule has 2 aliphatic rings. The Labute approximate surface area is 301 Å². The van der Waals surface area contributed by atoms with Crippen molar-refractivity contribution in [3.8, 4) is 33.6 Å². The van der Waals surface area contributed by atoms with Crippen molar-refractivity contribution in [3.63, 3.8) is 0 Å². The number of hydrogen-bond donors (Lipinski definition) is 0. The summed E-state index contributed by atoms with van der Waals surface area (Å²) >= 11 is 0.